The number of Topliss-reactive ketones (excluding diaryl/α,β-unsaturated/α-hetero) is 1. The molecule has 3 aromatic rings. The Bertz CT molecular complexity index is 1560. The minimum atomic E-state index is -0.558. The third kappa shape index (κ3) is 4.93. The Morgan fingerprint density at radius 3 is 2.48 bits per heavy atom. The van der Waals surface area contributed by atoms with Crippen LogP contribution in [0.15, 0.2) is 83.6 Å². The molecule has 2 N–H and O–H groups in total. The van der Waals surface area contributed by atoms with Crippen LogP contribution >= 0.6 is 0 Å². The number of ether oxygens (including phenoxy) is 2. The van der Waals surface area contributed by atoms with Gasteiger partial charge in [0, 0.05) is 23.9 Å². The van der Waals surface area contributed by atoms with Gasteiger partial charge in [0.1, 0.15) is 23.9 Å². The molecule has 7 nitrogen and oxygen atoms in total. The highest BCUT2D eigenvalue weighted by Gasteiger charge is 2.45. The fourth-order valence-corrected chi connectivity index (χ4v) is 5.82. The Hall–Kier alpha value is -4.57. The minimum absolute atomic E-state index is 0.0430. The first kappa shape index (κ1) is 27.0. The van der Waals surface area contributed by atoms with E-state index in [0.717, 1.165) is 45.1 Å². The van der Waals surface area contributed by atoms with Crippen molar-refractivity contribution in [2.45, 2.75) is 53.1 Å². The van der Waals surface area contributed by atoms with Gasteiger partial charge in [0.15, 0.2) is 5.78 Å². The Morgan fingerprint density at radius 2 is 1.82 bits per heavy atom. The first-order valence-corrected chi connectivity index (χ1v) is 13.4. The van der Waals surface area contributed by atoms with Crippen LogP contribution in [0.2, 0.25) is 0 Å². The number of ketones is 1. The Kier molecular flexibility index (Phi) is 7.12. The SMILES string of the molecule is COc1ccc(OCc2cc(C3C(C#N)=C(N)N(c4cccnc4)C4=C3C(=O)CC(C)(C)C4)c(C)cc2C)cc1. The van der Waals surface area contributed by atoms with Crippen molar-refractivity contribution in [3.63, 3.8) is 0 Å². The molecular weight excluding hydrogens is 500 g/mol. The van der Waals surface area contributed by atoms with E-state index >= 15 is 0 Å². The van der Waals surface area contributed by atoms with Crippen molar-refractivity contribution in [1.29, 1.82) is 5.26 Å². The number of nitrogens with two attached hydrogens (primary N) is 1. The molecule has 0 saturated carbocycles. The van der Waals surface area contributed by atoms with Gasteiger partial charge in [-0.2, -0.15) is 5.26 Å². The number of aromatic nitrogens is 1. The van der Waals surface area contributed by atoms with Gasteiger partial charge in [-0.15, -0.1) is 0 Å². The van der Waals surface area contributed by atoms with Gasteiger partial charge in [0.25, 0.3) is 0 Å². The monoisotopic (exact) mass is 534 g/mol. The van der Waals surface area contributed by atoms with Crippen LogP contribution in [0, 0.1) is 30.6 Å². The molecule has 1 aliphatic carbocycles. The maximum Gasteiger partial charge on any atom is 0.162 e. The van der Waals surface area contributed by atoms with E-state index in [4.69, 9.17) is 15.2 Å². The number of allylic oxidation sites excluding steroid dienone is 3. The maximum absolute atomic E-state index is 13.9. The zero-order valence-corrected chi connectivity index (χ0v) is 23.6. The summed E-state index contributed by atoms with van der Waals surface area (Å²) in [6.45, 7) is 8.59. The van der Waals surface area contributed by atoms with Crippen LogP contribution in [0.1, 0.15) is 54.9 Å². The summed E-state index contributed by atoms with van der Waals surface area (Å²) < 4.78 is 11.3. The van der Waals surface area contributed by atoms with E-state index in [1.165, 1.54) is 0 Å². The van der Waals surface area contributed by atoms with E-state index in [-0.39, 0.29) is 11.2 Å². The fraction of sp³-hybridized carbons (Fsp3) is 0.303. The summed E-state index contributed by atoms with van der Waals surface area (Å²) in [5, 5.41) is 10.4. The molecule has 1 aliphatic heterocycles. The number of rotatable bonds is 6. The molecule has 0 saturated heterocycles. The number of benzene rings is 2. The van der Waals surface area contributed by atoms with E-state index in [1.807, 2.05) is 55.1 Å². The molecule has 0 spiro atoms. The van der Waals surface area contributed by atoms with Crippen molar-refractivity contribution in [2.75, 3.05) is 12.0 Å². The van der Waals surface area contributed by atoms with Gasteiger partial charge in [0.05, 0.1) is 36.6 Å². The predicted octanol–water partition coefficient (Wildman–Crippen LogP) is 6.23. The molecule has 2 heterocycles. The quantitative estimate of drug-likeness (QED) is 0.400. The number of methoxy groups -OCH3 is 1. The molecule has 40 heavy (non-hydrogen) atoms. The lowest BCUT2D eigenvalue weighted by molar-refractivity contribution is -0.118. The number of nitrogens with zero attached hydrogens (tertiary/aromatic N) is 3. The topological polar surface area (TPSA) is 101 Å². The summed E-state index contributed by atoms with van der Waals surface area (Å²) in [6, 6.07) is 17.7. The highest BCUT2D eigenvalue weighted by Crippen LogP contribution is 2.50. The van der Waals surface area contributed by atoms with Gasteiger partial charge in [-0.05, 0) is 84.3 Å². The summed E-state index contributed by atoms with van der Waals surface area (Å²) in [4.78, 5) is 20.0. The fourth-order valence-electron chi connectivity index (χ4n) is 5.82. The highest BCUT2D eigenvalue weighted by atomic mass is 16.5. The first-order valence-electron chi connectivity index (χ1n) is 13.4. The number of pyridine rings is 1. The molecular formula is C33H34N4O3. The molecule has 0 amide bonds. The molecule has 1 atom stereocenters. The van der Waals surface area contributed by atoms with Gasteiger partial charge in [-0.25, -0.2) is 0 Å². The Labute approximate surface area is 235 Å². The van der Waals surface area contributed by atoms with E-state index < -0.39 is 5.92 Å². The largest absolute Gasteiger partial charge is 0.497 e. The van der Waals surface area contributed by atoms with Crippen molar-refractivity contribution < 1.29 is 14.3 Å². The highest BCUT2D eigenvalue weighted by molar-refractivity contribution is 6.01. The smallest absolute Gasteiger partial charge is 0.162 e. The Balaban J connectivity index is 1.62. The van der Waals surface area contributed by atoms with Crippen molar-refractivity contribution in [3.8, 4) is 17.6 Å². The van der Waals surface area contributed by atoms with Crippen molar-refractivity contribution in [2.24, 2.45) is 11.1 Å². The second-order valence-electron chi connectivity index (χ2n) is 11.3. The number of nitriles is 1. The van der Waals surface area contributed by atoms with Crippen LogP contribution in [0.3, 0.4) is 0 Å². The van der Waals surface area contributed by atoms with Gasteiger partial charge in [-0.3, -0.25) is 14.7 Å². The van der Waals surface area contributed by atoms with Crippen LogP contribution in [-0.2, 0) is 11.4 Å². The maximum atomic E-state index is 13.9. The van der Waals surface area contributed by atoms with E-state index in [1.54, 1.807) is 19.5 Å². The van der Waals surface area contributed by atoms with Crippen LogP contribution < -0.4 is 20.1 Å². The van der Waals surface area contributed by atoms with Gasteiger partial charge in [0.2, 0.25) is 0 Å². The Morgan fingerprint density at radius 1 is 1.10 bits per heavy atom. The zero-order chi connectivity index (χ0) is 28.6. The first-order chi connectivity index (χ1) is 19.1. The summed E-state index contributed by atoms with van der Waals surface area (Å²) >= 11 is 0. The number of hydrogen-bond donors (Lipinski definition) is 1. The third-order valence-corrected chi connectivity index (χ3v) is 7.77. The van der Waals surface area contributed by atoms with E-state index in [2.05, 4.69) is 37.0 Å². The zero-order valence-electron chi connectivity index (χ0n) is 23.6. The number of carbonyl (C=O) groups excluding carboxylic acids is 1. The van der Waals surface area contributed by atoms with Gasteiger partial charge in [-0.1, -0.05) is 26.0 Å². The summed E-state index contributed by atoms with van der Waals surface area (Å²) in [7, 11) is 1.63. The second-order valence-corrected chi connectivity index (χ2v) is 11.3. The number of aryl methyl sites for hydroxylation is 2. The average molecular weight is 535 g/mol. The lowest BCUT2D eigenvalue weighted by Crippen LogP contribution is -2.42. The van der Waals surface area contributed by atoms with E-state index in [9.17, 15) is 10.1 Å². The summed E-state index contributed by atoms with van der Waals surface area (Å²) in [5.74, 6) is 1.30. The molecule has 1 aromatic heterocycles. The summed E-state index contributed by atoms with van der Waals surface area (Å²) in [5.41, 5.74) is 13.1. The van der Waals surface area contributed by atoms with Crippen LogP contribution in [0.5, 0.6) is 11.5 Å². The standard InChI is InChI=1S/C33H34N4O3/c1-20-13-21(2)26(14-22(20)19-40-25-10-8-24(39-5)9-11-25)30-27(17-34)32(35)37(23-7-6-12-36-18-23)28-15-33(3,4)16-29(38)31(28)30/h6-14,18,30H,15-16,19,35H2,1-5H3. The van der Waals surface area contributed by atoms with Crippen molar-refractivity contribution >= 4 is 11.5 Å². The second kappa shape index (κ2) is 10.5. The molecule has 7 heteroatoms. The molecule has 1 unspecified atom stereocenters. The third-order valence-electron chi connectivity index (χ3n) is 7.77. The van der Waals surface area contributed by atoms with E-state index in [0.29, 0.717) is 36.4 Å². The molecule has 0 radical (unpaired) electrons. The molecule has 5 rings (SSSR count). The van der Waals surface area contributed by atoms with Crippen molar-refractivity contribution in [3.05, 3.63) is 106 Å². The van der Waals surface area contributed by atoms with Crippen molar-refractivity contribution in [1.82, 2.24) is 4.98 Å². The van der Waals surface area contributed by atoms with Crippen LogP contribution in [-0.4, -0.2) is 17.9 Å². The van der Waals surface area contributed by atoms with Crippen LogP contribution in [0.4, 0.5) is 5.69 Å². The molecule has 0 bridgehead atoms. The summed E-state index contributed by atoms with van der Waals surface area (Å²) in [6.07, 6.45) is 4.46. The lowest BCUT2D eigenvalue weighted by Gasteiger charge is -2.44. The predicted molar refractivity (Wildman–Crippen MR) is 155 cm³/mol. The van der Waals surface area contributed by atoms with Gasteiger partial charge >= 0.3 is 0 Å². The number of anilines is 1. The molecule has 2 aromatic carbocycles. The molecule has 204 valence electrons. The van der Waals surface area contributed by atoms with Crippen LogP contribution in [0.25, 0.3) is 0 Å². The lowest BCUT2D eigenvalue weighted by atomic mass is 9.68. The average Bonchev–Trinajstić information content (AvgIpc) is 2.92. The number of hydrogen-bond acceptors (Lipinski definition) is 7. The van der Waals surface area contributed by atoms with Gasteiger partial charge < -0.3 is 15.2 Å². The normalized spacial score (nSPS) is 18.4. The molecule has 0 fully saturated rings. The molecule has 2 aliphatic rings. The minimum Gasteiger partial charge on any atom is -0.497 e. The number of carbonyl (C=O) groups is 1.